The molecule has 0 aliphatic carbocycles. The lowest BCUT2D eigenvalue weighted by atomic mass is 10.3. The molecule has 1 aromatic carbocycles. The molecule has 2 aromatic rings. The highest BCUT2D eigenvalue weighted by atomic mass is 79.9. The molecule has 1 heterocycles. The number of anilines is 2. The van der Waals surface area contributed by atoms with Crippen molar-refractivity contribution < 1.29 is 0 Å². The number of rotatable bonds is 2. The summed E-state index contributed by atoms with van der Waals surface area (Å²) in [5.74, 6) is 0. The van der Waals surface area contributed by atoms with E-state index in [9.17, 15) is 0 Å². The van der Waals surface area contributed by atoms with E-state index in [4.69, 9.17) is 34.8 Å². The van der Waals surface area contributed by atoms with Gasteiger partial charge in [0.25, 0.3) is 0 Å². The van der Waals surface area contributed by atoms with Crippen LogP contribution in [-0.2, 0) is 0 Å². The Balaban J connectivity index is 2.34. The first-order chi connectivity index (χ1) is 8.08. The fourth-order valence-corrected chi connectivity index (χ4v) is 2.25. The lowest BCUT2D eigenvalue weighted by Crippen LogP contribution is -1.92. The van der Waals surface area contributed by atoms with Gasteiger partial charge in [-0.05, 0) is 40.2 Å². The van der Waals surface area contributed by atoms with Crippen LogP contribution >= 0.6 is 50.7 Å². The van der Waals surface area contributed by atoms with Crippen LogP contribution in [-0.4, -0.2) is 4.98 Å². The second-order valence-corrected chi connectivity index (χ2v) is 5.21. The number of hydrogen-bond donors (Lipinski definition) is 1. The number of hydrogen-bond acceptors (Lipinski definition) is 2. The fraction of sp³-hybridized carbons (Fsp3) is 0. The normalized spacial score (nSPS) is 10.4. The molecule has 0 amide bonds. The maximum atomic E-state index is 6.12. The summed E-state index contributed by atoms with van der Waals surface area (Å²) in [7, 11) is 0. The van der Waals surface area contributed by atoms with Gasteiger partial charge in [-0.1, -0.05) is 34.8 Å². The topological polar surface area (TPSA) is 24.9 Å². The van der Waals surface area contributed by atoms with Crippen LogP contribution in [0.3, 0.4) is 0 Å². The van der Waals surface area contributed by atoms with Gasteiger partial charge in [0.15, 0.2) is 0 Å². The largest absolute Gasteiger partial charge is 0.354 e. The third-order valence-corrected chi connectivity index (χ3v) is 4.02. The van der Waals surface area contributed by atoms with Crippen LogP contribution in [0.15, 0.2) is 34.9 Å². The number of nitrogens with zero attached hydrogens (tertiary/aromatic N) is 1. The average Bonchev–Trinajstić information content (AvgIpc) is 2.30. The Morgan fingerprint density at radius 3 is 2.53 bits per heavy atom. The predicted octanol–water partition coefficient (Wildman–Crippen LogP) is 5.55. The maximum absolute atomic E-state index is 6.12. The standard InChI is InChI=1S/C11H6BrCl3N2/c12-7-1-2-8(11(15)10(7)14)17-6-3-4-16-9(13)5-6/h1-5H,(H,16,17). The molecule has 0 aliphatic rings. The van der Waals surface area contributed by atoms with Gasteiger partial charge in [0, 0.05) is 16.4 Å². The maximum Gasteiger partial charge on any atom is 0.131 e. The van der Waals surface area contributed by atoms with Crippen LogP contribution in [0.2, 0.25) is 15.2 Å². The van der Waals surface area contributed by atoms with Crippen molar-refractivity contribution in [3.05, 3.63) is 50.1 Å². The molecular formula is C11H6BrCl3N2. The molecule has 0 unspecified atom stereocenters. The number of halogens is 4. The molecule has 1 aromatic heterocycles. The van der Waals surface area contributed by atoms with Crippen molar-refractivity contribution >= 4 is 62.1 Å². The van der Waals surface area contributed by atoms with Crippen molar-refractivity contribution in [1.82, 2.24) is 4.98 Å². The third kappa shape index (κ3) is 3.05. The summed E-state index contributed by atoms with van der Waals surface area (Å²) in [6, 6.07) is 7.14. The van der Waals surface area contributed by atoms with Crippen molar-refractivity contribution in [3.63, 3.8) is 0 Å². The first-order valence-electron chi connectivity index (χ1n) is 4.60. The fourth-order valence-electron chi connectivity index (χ4n) is 1.26. The molecule has 0 spiro atoms. The van der Waals surface area contributed by atoms with Gasteiger partial charge in [0.05, 0.1) is 15.7 Å². The van der Waals surface area contributed by atoms with Gasteiger partial charge in [0.1, 0.15) is 5.15 Å². The molecule has 0 saturated carbocycles. The Bertz CT molecular complexity index is 560. The second-order valence-electron chi connectivity index (χ2n) is 3.22. The molecule has 6 heteroatoms. The summed E-state index contributed by atoms with van der Waals surface area (Å²) in [6.07, 6.45) is 1.61. The second kappa shape index (κ2) is 5.44. The zero-order valence-corrected chi connectivity index (χ0v) is 12.2. The number of pyridine rings is 1. The highest BCUT2D eigenvalue weighted by molar-refractivity contribution is 9.10. The Morgan fingerprint density at radius 2 is 1.82 bits per heavy atom. The molecule has 0 atom stereocenters. The van der Waals surface area contributed by atoms with Crippen molar-refractivity contribution in [2.24, 2.45) is 0 Å². The van der Waals surface area contributed by atoms with Crippen molar-refractivity contribution in [1.29, 1.82) is 0 Å². The SMILES string of the molecule is Clc1cc(Nc2ccc(Br)c(Cl)c2Cl)ccn1. The minimum absolute atomic E-state index is 0.411. The zero-order chi connectivity index (χ0) is 12.4. The van der Waals surface area contributed by atoms with Gasteiger partial charge >= 0.3 is 0 Å². The minimum Gasteiger partial charge on any atom is -0.354 e. The van der Waals surface area contributed by atoms with E-state index in [1.54, 1.807) is 18.3 Å². The van der Waals surface area contributed by atoms with E-state index in [1.165, 1.54) is 0 Å². The third-order valence-electron chi connectivity index (χ3n) is 2.04. The highest BCUT2D eigenvalue weighted by Crippen LogP contribution is 2.37. The molecule has 0 saturated heterocycles. The van der Waals surface area contributed by atoms with Crippen LogP contribution in [0.1, 0.15) is 0 Å². The lowest BCUT2D eigenvalue weighted by Gasteiger charge is -2.10. The molecule has 0 bridgehead atoms. The Kier molecular flexibility index (Phi) is 4.15. The van der Waals surface area contributed by atoms with Crippen LogP contribution in [0.5, 0.6) is 0 Å². The van der Waals surface area contributed by atoms with E-state index < -0.39 is 0 Å². The molecule has 2 rings (SSSR count). The highest BCUT2D eigenvalue weighted by Gasteiger charge is 2.08. The Morgan fingerprint density at radius 1 is 1.06 bits per heavy atom. The summed E-state index contributed by atoms with van der Waals surface area (Å²) >= 11 is 21.2. The summed E-state index contributed by atoms with van der Waals surface area (Å²) in [5, 5.41) is 4.45. The van der Waals surface area contributed by atoms with Gasteiger partial charge in [0.2, 0.25) is 0 Å². The van der Waals surface area contributed by atoms with E-state index in [-0.39, 0.29) is 0 Å². The van der Waals surface area contributed by atoms with E-state index in [0.717, 1.165) is 10.2 Å². The molecule has 1 N–H and O–H groups in total. The summed E-state index contributed by atoms with van der Waals surface area (Å²) in [4.78, 5) is 3.89. The quantitative estimate of drug-likeness (QED) is 0.566. The van der Waals surface area contributed by atoms with E-state index in [0.29, 0.717) is 20.9 Å². The van der Waals surface area contributed by atoms with Gasteiger partial charge < -0.3 is 5.32 Å². The predicted molar refractivity (Wildman–Crippen MR) is 76.7 cm³/mol. The smallest absolute Gasteiger partial charge is 0.131 e. The molecule has 0 radical (unpaired) electrons. The van der Waals surface area contributed by atoms with Crippen LogP contribution in [0.4, 0.5) is 11.4 Å². The first kappa shape index (κ1) is 13.0. The van der Waals surface area contributed by atoms with Crippen molar-refractivity contribution in [2.75, 3.05) is 5.32 Å². The lowest BCUT2D eigenvalue weighted by molar-refractivity contribution is 1.32. The van der Waals surface area contributed by atoms with Crippen LogP contribution in [0, 0.1) is 0 Å². The Labute approximate surface area is 122 Å². The molecule has 2 nitrogen and oxygen atoms in total. The molecule has 0 aliphatic heterocycles. The van der Waals surface area contributed by atoms with Gasteiger partial charge in [-0.2, -0.15) is 0 Å². The van der Waals surface area contributed by atoms with Gasteiger partial charge in [-0.15, -0.1) is 0 Å². The van der Waals surface area contributed by atoms with E-state index in [2.05, 4.69) is 26.2 Å². The van der Waals surface area contributed by atoms with E-state index >= 15 is 0 Å². The monoisotopic (exact) mass is 350 g/mol. The van der Waals surface area contributed by atoms with Crippen molar-refractivity contribution in [3.8, 4) is 0 Å². The van der Waals surface area contributed by atoms with Gasteiger partial charge in [-0.3, -0.25) is 0 Å². The zero-order valence-electron chi connectivity index (χ0n) is 8.35. The summed E-state index contributed by atoms with van der Waals surface area (Å²) in [5.41, 5.74) is 1.51. The summed E-state index contributed by atoms with van der Waals surface area (Å²) in [6.45, 7) is 0. The molecule has 0 fully saturated rings. The number of aromatic nitrogens is 1. The minimum atomic E-state index is 0.411. The number of nitrogens with one attached hydrogen (secondary N) is 1. The first-order valence-corrected chi connectivity index (χ1v) is 6.52. The average molecular weight is 352 g/mol. The van der Waals surface area contributed by atoms with Crippen LogP contribution in [0.25, 0.3) is 0 Å². The van der Waals surface area contributed by atoms with Crippen molar-refractivity contribution in [2.45, 2.75) is 0 Å². The molecular weight excluding hydrogens is 346 g/mol. The van der Waals surface area contributed by atoms with Crippen LogP contribution < -0.4 is 5.32 Å². The van der Waals surface area contributed by atoms with E-state index in [1.807, 2.05) is 12.1 Å². The molecule has 17 heavy (non-hydrogen) atoms. The Hall–Kier alpha value is -0.480. The summed E-state index contributed by atoms with van der Waals surface area (Å²) < 4.78 is 0.752. The van der Waals surface area contributed by atoms with Gasteiger partial charge in [-0.25, -0.2) is 4.98 Å². The number of benzene rings is 1. The molecule has 88 valence electrons.